The number of benzene rings is 1. The topological polar surface area (TPSA) is 84.9 Å². The van der Waals surface area contributed by atoms with E-state index in [1.807, 2.05) is 0 Å². The number of amides is 1. The van der Waals surface area contributed by atoms with Gasteiger partial charge < -0.3 is 19.9 Å². The van der Waals surface area contributed by atoms with Crippen LogP contribution in [0.25, 0.3) is 0 Å². The van der Waals surface area contributed by atoms with Gasteiger partial charge in [-0.3, -0.25) is 4.79 Å². The maximum atomic E-state index is 11.9. The molecule has 1 amide bonds. The van der Waals surface area contributed by atoms with Crippen LogP contribution in [-0.4, -0.2) is 37.3 Å². The maximum absolute atomic E-state index is 11.9. The number of hydrogen-bond donors (Lipinski definition) is 2. The zero-order chi connectivity index (χ0) is 15.8. The minimum absolute atomic E-state index is 0.0139. The Morgan fingerprint density at radius 1 is 1.19 bits per heavy atom. The van der Waals surface area contributed by atoms with Crippen molar-refractivity contribution in [1.29, 1.82) is 0 Å². The number of nitrogens with one attached hydrogen (secondary N) is 1. The minimum atomic E-state index is -1.11. The summed E-state index contributed by atoms with van der Waals surface area (Å²) in [6, 6.07) is 6.86. The summed E-state index contributed by atoms with van der Waals surface area (Å²) >= 11 is 0. The van der Waals surface area contributed by atoms with Crippen LogP contribution in [0, 0.1) is 0 Å². The van der Waals surface area contributed by atoms with Crippen LogP contribution in [0.4, 0.5) is 5.69 Å². The van der Waals surface area contributed by atoms with E-state index < -0.39 is 11.9 Å². The second kappa shape index (κ2) is 8.06. The van der Waals surface area contributed by atoms with Gasteiger partial charge in [0, 0.05) is 30.0 Å². The molecule has 1 aromatic carbocycles. The highest BCUT2D eigenvalue weighted by molar-refractivity contribution is 6.08. The van der Waals surface area contributed by atoms with Crippen molar-refractivity contribution in [2.45, 2.75) is 13.8 Å². The van der Waals surface area contributed by atoms with Gasteiger partial charge >= 0.3 is 5.97 Å². The molecule has 6 heteroatoms. The highest BCUT2D eigenvalue weighted by Gasteiger charge is 2.12. The number of carbonyl (C=O) groups is 2. The van der Waals surface area contributed by atoms with Crippen LogP contribution in [0.15, 0.2) is 35.4 Å². The molecule has 0 fully saturated rings. The molecule has 2 N–H and O–H groups in total. The Morgan fingerprint density at radius 3 is 2.52 bits per heavy atom. The van der Waals surface area contributed by atoms with Crippen molar-refractivity contribution in [3.05, 3.63) is 35.4 Å². The second-order valence-electron chi connectivity index (χ2n) is 4.38. The monoisotopic (exact) mass is 293 g/mol. The molecule has 0 spiro atoms. The predicted molar refractivity (Wildman–Crippen MR) is 78.5 cm³/mol. The van der Waals surface area contributed by atoms with E-state index >= 15 is 0 Å². The molecule has 6 nitrogen and oxygen atoms in total. The van der Waals surface area contributed by atoms with Gasteiger partial charge in [-0.05, 0) is 26.0 Å². The molecule has 1 aromatic rings. The smallest absolute Gasteiger partial charge is 0.331 e. The molecule has 21 heavy (non-hydrogen) atoms. The van der Waals surface area contributed by atoms with Crippen LogP contribution in [0.1, 0.15) is 13.8 Å². The second-order valence-corrected chi connectivity index (χ2v) is 4.38. The van der Waals surface area contributed by atoms with E-state index in [1.54, 1.807) is 31.4 Å². The van der Waals surface area contributed by atoms with E-state index in [0.29, 0.717) is 24.7 Å². The Bertz CT molecular complexity index is 551. The van der Waals surface area contributed by atoms with Crippen LogP contribution in [0.5, 0.6) is 5.75 Å². The first-order valence-electron chi connectivity index (χ1n) is 6.39. The zero-order valence-electron chi connectivity index (χ0n) is 12.3. The Hall–Kier alpha value is -2.34. The van der Waals surface area contributed by atoms with Crippen molar-refractivity contribution in [3.63, 3.8) is 0 Å². The molecule has 114 valence electrons. The molecule has 0 radical (unpaired) electrons. The number of carboxylic acids is 1. The maximum Gasteiger partial charge on any atom is 0.331 e. The normalized spacial score (nSPS) is 11.6. The van der Waals surface area contributed by atoms with E-state index in [0.717, 1.165) is 0 Å². The van der Waals surface area contributed by atoms with E-state index in [9.17, 15) is 9.59 Å². The quantitative estimate of drug-likeness (QED) is 0.594. The van der Waals surface area contributed by atoms with Gasteiger partial charge in [0.2, 0.25) is 0 Å². The number of hydrogen-bond acceptors (Lipinski definition) is 4. The molecule has 0 unspecified atom stereocenters. The third-order valence-corrected chi connectivity index (χ3v) is 2.87. The highest BCUT2D eigenvalue weighted by atomic mass is 16.5. The number of rotatable bonds is 7. The van der Waals surface area contributed by atoms with Crippen molar-refractivity contribution < 1.29 is 24.2 Å². The van der Waals surface area contributed by atoms with Crippen molar-refractivity contribution in [2.24, 2.45) is 0 Å². The van der Waals surface area contributed by atoms with Gasteiger partial charge in [-0.25, -0.2) is 4.79 Å². The highest BCUT2D eigenvalue weighted by Crippen LogP contribution is 2.18. The molecular weight excluding hydrogens is 274 g/mol. The molecule has 0 heterocycles. The molecular formula is C15H19NO5. The summed E-state index contributed by atoms with van der Waals surface area (Å²) in [4.78, 5) is 22.8. The van der Waals surface area contributed by atoms with E-state index in [1.165, 1.54) is 13.8 Å². The summed E-state index contributed by atoms with van der Waals surface area (Å²) in [5.41, 5.74) is 0.709. The molecule has 0 aromatic heterocycles. The Labute approximate surface area is 123 Å². The summed E-state index contributed by atoms with van der Waals surface area (Å²) in [6.45, 7) is 3.74. The van der Waals surface area contributed by atoms with E-state index in [2.05, 4.69) is 5.32 Å². The largest absolute Gasteiger partial charge is 0.491 e. The van der Waals surface area contributed by atoms with Gasteiger partial charge in [0.25, 0.3) is 5.91 Å². The fourth-order valence-corrected chi connectivity index (χ4v) is 1.46. The van der Waals surface area contributed by atoms with Crippen molar-refractivity contribution in [1.82, 2.24) is 0 Å². The molecule has 1 rings (SSSR count). The molecule has 0 saturated carbocycles. The SMILES string of the molecule is COCCOc1cccc(NC(=O)C(C)=C(C)C(=O)O)c1. The third-order valence-electron chi connectivity index (χ3n) is 2.87. The summed E-state index contributed by atoms with van der Waals surface area (Å²) < 4.78 is 10.3. The van der Waals surface area contributed by atoms with Crippen molar-refractivity contribution in [2.75, 3.05) is 25.6 Å². The van der Waals surface area contributed by atoms with Crippen molar-refractivity contribution in [3.8, 4) is 5.75 Å². The molecule has 0 atom stereocenters. The average Bonchev–Trinajstić information content (AvgIpc) is 2.46. The Morgan fingerprint density at radius 2 is 1.90 bits per heavy atom. The number of aliphatic carboxylic acids is 1. The van der Waals surface area contributed by atoms with Crippen molar-refractivity contribution >= 4 is 17.6 Å². The predicted octanol–water partition coefficient (Wildman–Crippen LogP) is 2.07. The van der Waals surface area contributed by atoms with E-state index in [-0.39, 0.29) is 11.1 Å². The van der Waals surface area contributed by atoms with Crippen LogP contribution in [0.3, 0.4) is 0 Å². The molecule has 0 aliphatic rings. The molecule has 0 aliphatic heterocycles. The first-order valence-corrected chi connectivity index (χ1v) is 6.39. The number of anilines is 1. The third kappa shape index (κ3) is 5.27. The van der Waals surface area contributed by atoms with Crippen LogP contribution in [-0.2, 0) is 14.3 Å². The fraction of sp³-hybridized carbons (Fsp3) is 0.333. The van der Waals surface area contributed by atoms with Gasteiger partial charge in [0.15, 0.2) is 0 Å². The first kappa shape index (κ1) is 16.7. The minimum Gasteiger partial charge on any atom is -0.491 e. The van der Waals surface area contributed by atoms with Gasteiger partial charge in [-0.1, -0.05) is 6.07 Å². The average molecular weight is 293 g/mol. The number of methoxy groups -OCH3 is 1. The zero-order valence-corrected chi connectivity index (χ0v) is 12.3. The molecule has 0 aliphatic carbocycles. The van der Waals surface area contributed by atoms with Gasteiger partial charge in [0.1, 0.15) is 12.4 Å². The Balaban J connectivity index is 2.75. The number of carboxylic acid groups (broad SMARTS) is 1. The number of carbonyl (C=O) groups excluding carboxylic acids is 1. The standard InChI is InChI=1S/C15H19NO5/c1-10(11(2)15(18)19)14(17)16-12-5-4-6-13(9-12)21-8-7-20-3/h4-6,9H,7-8H2,1-3H3,(H,16,17)(H,18,19). The summed E-state index contributed by atoms with van der Waals surface area (Å²) in [7, 11) is 1.58. The van der Waals surface area contributed by atoms with Crippen LogP contribution >= 0.6 is 0 Å². The van der Waals surface area contributed by atoms with Gasteiger partial charge in [0.05, 0.1) is 6.61 Å². The van der Waals surface area contributed by atoms with Gasteiger partial charge in [-0.15, -0.1) is 0 Å². The lowest BCUT2D eigenvalue weighted by molar-refractivity contribution is -0.133. The van der Waals surface area contributed by atoms with Gasteiger partial charge in [-0.2, -0.15) is 0 Å². The van der Waals surface area contributed by atoms with Crippen LogP contribution < -0.4 is 10.1 Å². The summed E-state index contributed by atoms with van der Waals surface area (Å²) in [5.74, 6) is -0.968. The van der Waals surface area contributed by atoms with E-state index in [4.69, 9.17) is 14.6 Å². The first-order chi connectivity index (χ1) is 9.95. The molecule has 0 bridgehead atoms. The van der Waals surface area contributed by atoms with Crippen LogP contribution in [0.2, 0.25) is 0 Å². The molecule has 0 saturated heterocycles. The summed E-state index contributed by atoms with van der Waals surface area (Å²) in [5, 5.41) is 11.5. The lowest BCUT2D eigenvalue weighted by Crippen LogP contribution is -2.16. The lowest BCUT2D eigenvalue weighted by Gasteiger charge is -2.10. The number of ether oxygens (including phenoxy) is 2. The summed E-state index contributed by atoms with van der Waals surface area (Å²) in [6.07, 6.45) is 0. The Kier molecular flexibility index (Phi) is 6.42. The fourth-order valence-electron chi connectivity index (χ4n) is 1.46. The lowest BCUT2D eigenvalue weighted by atomic mass is 10.1.